The average molecular weight is 784 g/mol. The van der Waals surface area contributed by atoms with Gasteiger partial charge < -0.3 is 15.2 Å². The third-order valence-corrected chi connectivity index (χ3v) is 10.5. The molecule has 0 aromatic rings. The summed E-state index contributed by atoms with van der Waals surface area (Å²) in [4.78, 5) is 35.1. The molecule has 56 heavy (non-hydrogen) atoms. The molecule has 6 nitrogen and oxygen atoms in total. The van der Waals surface area contributed by atoms with Gasteiger partial charge in [0.15, 0.2) is 0 Å². The molecule has 0 aromatic carbocycles. The number of carbonyl (C=O) groups excluding carboxylic acids is 2. The van der Waals surface area contributed by atoms with Gasteiger partial charge in [0, 0.05) is 12.8 Å². The van der Waals surface area contributed by atoms with Gasteiger partial charge in [-0.05, 0) is 103 Å². The molecule has 1 unspecified atom stereocenters. The maximum absolute atomic E-state index is 12.8. The zero-order valence-electron chi connectivity index (χ0n) is 36.7. The van der Waals surface area contributed by atoms with Crippen LogP contribution in [0.4, 0.5) is 0 Å². The fourth-order valence-corrected chi connectivity index (χ4v) is 6.93. The van der Waals surface area contributed by atoms with Crippen molar-refractivity contribution in [2.45, 2.75) is 245 Å². The maximum Gasteiger partial charge on any atom is 0.322 e. The molecule has 0 spiro atoms. The van der Waals surface area contributed by atoms with Gasteiger partial charge >= 0.3 is 11.9 Å². The summed E-state index contributed by atoms with van der Waals surface area (Å²) in [5.41, 5.74) is 0. The van der Waals surface area contributed by atoms with Crippen molar-refractivity contribution in [1.29, 1.82) is 0 Å². The van der Waals surface area contributed by atoms with Crippen molar-refractivity contribution in [3.05, 3.63) is 48.6 Å². The second-order valence-electron chi connectivity index (χ2n) is 16.0. The highest BCUT2D eigenvalue weighted by atomic mass is 16.5. The van der Waals surface area contributed by atoms with Gasteiger partial charge in [-0.1, -0.05) is 172 Å². The predicted octanol–water partition coefficient (Wildman–Crippen LogP) is 15.0. The Balaban J connectivity index is 4.19. The zero-order chi connectivity index (χ0) is 40.8. The first-order valence-electron chi connectivity index (χ1n) is 23.8. The molecule has 0 fully saturated rings. The lowest BCUT2D eigenvalue weighted by atomic mass is 10.0. The van der Waals surface area contributed by atoms with Crippen molar-refractivity contribution in [2.24, 2.45) is 0 Å². The molecule has 0 aliphatic carbocycles. The summed E-state index contributed by atoms with van der Waals surface area (Å²) in [6.07, 6.45) is 58.1. The smallest absolute Gasteiger partial charge is 0.322 e. The van der Waals surface area contributed by atoms with E-state index in [4.69, 9.17) is 9.84 Å². The van der Waals surface area contributed by atoms with Crippen LogP contribution in [0.1, 0.15) is 239 Å². The minimum absolute atomic E-state index is 0.000373. The normalized spacial score (nSPS) is 12.5. The van der Waals surface area contributed by atoms with Crippen LogP contribution in [-0.4, -0.2) is 35.6 Å². The third kappa shape index (κ3) is 44.1. The number of amides is 1. The van der Waals surface area contributed by atoms with E-state index in [0.717, 1.165) is 89.9 Å². The predicted molar refractivity (Wildman–Crippen MR) is 240 cm³/mol. The topological polar surface area (TPSA) is 92.7 Å². The molecule has 0 radical (unpaired) electrons. The highest BCUT2D eigenvalue weighted by Gasteiger charge is 2.14. The molecule has 0 aliphatic heterocycles. The number of unbranched alkanes of at least 4 members (excludes halogenated alkanes) is 24. The molecule has 1 atom stereocenters. The third-order valence-electron chi connectivity index (χ3n) is 10.5. The molecule has 2 N–H and O–H groups in total. The number of nitrogens with one attached hydrogen (secondary N) is 1. The summed E-state index contributed by atoms with van der Waals surface area (Å²) in [7, 11) is 0. The van der Waals surface area contributed by atoms with E-state index in [-0.39, 0.29) is 24.5 Å². The van der Waals surface area contributed by atoms with E-state index >= 15 is 0 Å². The van der Waals surface area contributed by atoms with E-state index in [1.807, 2.05) is 0 Å². The lowest BCUT2D eigenvalue weighted by Gasteiger charge is -2.18. The Labute approximate surface area is 346 Å². The molecule has 0 saturated carbocycles. The minimum atomic E-state index is -1.02. The first-order chi connectivity index (χ1) is 27.5. The van der Waals surface area contributed by atoms with Crippen molar-refractivity contribution in [1.82, 2.24) is 5.32 Å². The lowest BCUT2D eigenvalue weighted by molar-refractivity contribution is -0.150. The Hall–Kier alpha value is -2.63. The first-order valence-corrected chi connectivity index (χ1v) is 23.8. The molecular weight excluding hydrogens is 695 g/mol. The van der Waals surface area contributed by atoms with Crippen LogP contribution in [0.15, 0.2) is 48.6 Å². The summed E-state index contributed by atoms with van der Waals surface area (Å²) in [5.74, 6) is -1.25. The fraction of sp³-hybridized carbons (Fsp3) is 0.780. The number of hydrogen-bond acceptors (Lipinski definition) is 4. The number of allylic oxidation sites excluding steroid dienone is 8. The van der Waals surface area contributed by atoms with Crippen LogP contribution < -0.4 is 5.32 Å². The van der Waals surface area contributed by atoms with Gasteiger partial charge in [0.25, 0.3) is 0 Å². The Morgan fingerprint density at radius 2 is 0.821 bits per heavy atom. The number of aliphatic carboxylic acids is 1. The maximum atomic E-state index is 12.8. The van der Waals surface area contributed by atoms with Gasteiger partial charge in [-0.25, -0.2) is 0 Å². The van der Waals surface area contributed by atoms with Gasteiger partial charge in [0.05, 0.1) is 0 Å². The highest BCUT2D eigenvalue weighted by molar-refractivity contribution is 5.80. The van der Waals surface area contributed by atoms with E-state index in [1.165, 1.54) is 122 Å². The number of carbonyl (C=O) groups is 3. The van der Waals surface area contributed by atoms with Crippen LogP contribution in [0, 0.1) is 0 Å². The van der Waals surface area contributed by atoms with Crippen LogP contribution in [0.3, 0.4) is 0 Å². The van der Waals surface area contributed by atoms with Crippen molar-refractivity contribution < 1.29 is 24.2 Å². The highest BCUT2D eigenvalue weighted by Crippen LogP contribution is 2.18. The molecule has 1 amide bonds. The van der Waals surface area contributed by atoms with Gasteiger partial charge in [-0.2, -0.15) is 0 Å². The Kier molecular flexibility index (Phi) is 43.0. The van der Waals surface area contributed by atoms with Gasteiger partial charge in [0.1, 0.15) is 12.6 Å². The summed E-state index contributed by atoms with van der Waals surface area (Å²) in [6, 6.07) is 0. The minimum Gasteiger partial charge on any atom is -0.480 e. The first kappa shape index (κ1) is 53.4. The Morgan fingerprint density at radius 3 is 1.29 bits per heavy atom. The molecule has 0 aromatic heterocycles. The van der Waals surface area contributed by atoms with E-state index in [2.05, 4.69) is 67.8 Å². The fourth-order valence-electron chi connectivity index (χ4n) is 6.93. The number of carboxylic acid groups (broad SMARTS) is 1. The number of ether oxygens (including phenoxy) is 1. The number of carboxylic acids is 1. The van der Waals surface area contributed by atoms with E-state index in [0.29, 0.717) is 12.8 Å². The number of hydrogen-bond donors (Lipinski definition) is 2. The number of esters is 1. The standard InChI is InChI=1S/C50H89NO5/c1-3-5-7-9-11-13-15-17-19-20-21-22-24-26-28-30-32-37-41-45-50(55)56-47(43-39-35-33-36-40-44-48(52)51-46-49(53)54)42-38-34-31-29-27-25-23-18-16-14-12-10-8-6-4-2/h11,13,16-19,25,27,47H,3-10,12,14-15,20-24,26,28-46H2,1-2H3,(H,51,52)(H,53,54)/b13-11-,18-16-,19-17-,27-25-. The van der Waals surface area contributed by atoms with Crippen LogP contribution >= 0.6 is 0 Å². The molecule has 0 rings (SSSR count). The van der Waals surface area contributed by atoms with Crippen molar-refractivity contribution in [3.8, 4) is 0 Å². The van der Waals surface area contributed by atoms with E-state index < -0.39 is 5.97 Å². The van der Waals surface area contributed by atoms with Gasteiger partial charge in [0.2, 0.25) is 5.91 Å². The molecular formula is C50H89NO5. The monoisotopic (exact) mass is 784 g/mol. The SMILES string of the molecule is CCCCC/C=C\C/C=C\CCCCCCCCCCCC(=O)OC(CCCCC/C=C\C/C=C\CCCCCCC)CCCCCCCC(=O)NCC(=O)O. The van der Waals surface area contributed by atoms with Crippen LogP contribution in [-0.2, 0) is 19.1 Å². The summed E-state index contributed by atoms with van der Waals surface area (Å²) < 4.78 is 6.04. The van der Waals surface area contributed by atoms with Crippen molar-refractivity contribution >= 4 is 17.8 Å². The van der Waals surface area contributed by atoms with E-state index in [9.17, 15) is 14.4 Å². The van der Waals surface area contributed by atoms with Crippen molar-refractivity contribution in [2.75, 3.05) is 6.54 Å². The quantitative estimate of drug-likeness (QED) is 0.0365. The Morgan fingerprint density at radius 1 is 0.464 bits per heavy atom. The molecule has 0 saturated heterocycles. The van der Waals surface area contributed by atoms with Crippen LogP contribution in [0.25, 0.3) is 0 Å². The second-order valence-corrected chi connectivity index (χ2v) is 16.0. The molecule has 0 heterocycles. The van der Waals surface area contributed by atoms with E-state index in [1.54, 1.807) is 0 Å². The van der Waals surface area contributed by atoms with Gasteiger partial charge in [-0.15, -0.1) is 0 Å². The lowest BCUT2D eigenvalue weighted by Crippen LogP contribution is -2.28. The molecule has 324 valence electrons. The number of rotatable bonds is 43. The van der Waals surface area contributed by atoms with Crippen LogP contribution in [0.2, 0.25) is 0 Å². The Bertz CT molecular complexity index is 999. The average Bonchev–Trinajstić information content (AvgIpc) is 3.18. The second kappa shape index (κ2) is 45.1. The molecule has 0 bridgehead atoms. The molecule has 0 aliphatic rings. The van der Waals surface area contributed by atoms with Crippen molar-refractivity contribution in [3.63, 3.8) is 0 Å². The largest absolute Gasteiger partial charge is 0.480 e. The molecule has 6 heteroatoms. The summed E-state index contributed by atoms with van der Waals surface area (Å²) in [6.45, 7) is 4.20. The zero-order valence-corrected chi connectivity index (χ0v) is 36.7. The summed E-state index contributed by atoms with van der Waals surface area (Å²) >= 11 is 0. The summed E-state index contributed by atoms with van der Waals surface area (Å²) in [5, 5.41) is 11.1. The van der Waals surface area contributed by atoms with Crippen LogP contribution in [0.5, 0.6) is 0 Å². The van der Waals surface area contributed by atoms with Gasteiger partial charge in [-0.3, -0.25) is 14.4 Å².